The molecule has 3 heteroatoms. The second kappa shape index (κ2) is 15.2. The third kappa shape index (κ3) is 10.8. The summed E-state index contributed by atoms with van der Waals surface area (Å²) < 4.78 is 0. The molecule has 3 rings (SSSR count). The number of fused-ring (bicyclic) bond motifs is 2. The highest BCUT2D eigenvalue weighted by atomic mass is 15.1. The normalized spacial score (nSPS) is 10.9. The van der Waals surface area contributed by atoms with Gasteiger partial charge in [0.25, 0.3) is 0 Å². The summed E-state index contributed by atoms with van der Waals surface area (Å²) in [5.41, 5.74) is 5.57. The van der Waals surface area contributed by atoms with Crippen LogP contribution in [0.2, 0.25) is 0 Å². The molecule has 0 atom stereocenters. The quantitative estimate of drug-likeness (QED) is 0.574. The van der Waals surface area contributed by atoms with E-state index in [1.165, 1.54) is 22.5 Å². The Hall–Kier alpha value is -1.84. The van der Waals surface area contributed by atoms with E-state index >= 15 is 0 Å². The molecule has 0 spiro atoms. The van der Waals surface area contributed by atoms with Gasteiger partial charge in [-0.2, -0.15) is 0 Å². The minimum absolute atomic E-state index is 0. The Labute approximate surface area is 170 Å². The molecule has 2 aromatic carbocycles. The van der Waals surface area contributed by atoms with Crippen LogP contribution < -0.4 is 4.90 Å². The van der Waals surface area contributed by atoms with Gasteiger partial charge in [0.05, 0.1) is 0 Å². The van der Waals surface area contributed by atoms with Crippen molar-refractivity contribution in [1.29, 1.82) is 0 Å². The van der Waals surface area contributed by atoms with E-state index in [2.05, 4.69) is 60.5 Å². The first kappa shape index (κ1) is 29.9. The van der Waals surface area contributed by atoms with Crippen molar-refractivity contribution in [3.8, 4) is 0 Å². The highest BCUT2D eigenvalue weighted by Crippen LogP contribution is 2.34. The first-order chi connectivity index (χ1) is 11.3. The van der Waals surface area contributed by atoms with Crippen LogP contribution in [0.5, 0.6) is 0 Å². The van der Waals surface area contributed by atoms with Gasteiger partial charge in [-0.15, -0.1) is 0 Å². The number of benzene rings is 2. The zero-order valence-electron chi connectivity index (χ0n) is 16.4. The lowest BCUT2D eigenvalue weighted by Crippen LogP contribution is -2.10. The fourth-order valence-corrected chi connectivity index (χ4v) is 2.50. The van der Waals surface area contributed by atoms with E-state index in [-0.39, 0.29) is 22.3 Å². The zero-order valence-corrected chi connectivity index (χ0v) is 16.4. The molecular weight excluding hydrogens is 330 g/mol. The predicted octanol–water partition coefficient (Wildman–Crippen LogP) is 5.82. The van der Waals surface area contributed by atoms with E-state index in [1.54, 1.807) is 0 Å². The van der Waals surface area contributed by atoms with Crippen molar-refractivity contribution >= 4 is 11.4 Å². The Morgan fingerprint density at radius 3 is 1.15 bits per heavy atom. The van der Waals surface area contributed by atoms with Gasteiger partial charge >= 0.3 is 0 Å². The van der Waals surface area contributed by atoms with E-state index in [1.807, 2.05) is 52.1 Å². The maximum absolute atomic E-state index is 2.30. The maximum Gasteiger partial charge on any atom is 0.0440 e. The van der Waals surface area contributed by atoms with E-state index in [4.69, 9.17) is 0 Å². The fraction of sp³-hybridized carbons (Fsp3) is 0.500. The number of hydrogen-bond acceptors (Lipinski definition) is 3. The molecule has 0 fully saturated rings. The summed E-state index contributed by atoms with van der Waals surface area (Å²) in [6.45, 7) is 0. The molecule has 0 amide bonds. The SMILES string of the molecule is C.C.C.CN(C)C.CN(C)C.CN1c2ccccc2CCc2ccccc21. The topological polar surface area (TPSA) is 9.72 Å². The van der Waals surface area contributed by atoms with Crippen molar-refractivity contribution in [2.24, 2.45) is 0 Å². The Balaban J connectivity index is -0.000000455. The minimum Gasteiger partial charge on any atom is -0.344 e. The van der Waals surface area contributed by atoms with Crippen LogP contribution >= 0.6 is 0 Å². The van der Waals surface area contributed by atoms with E-state index in [0.29, 0.717) is 0 Å². The van der Waals surface area contributed by atoms with Crippen molar-refractivity contribution < 1.29 is 0 Å². The standard InChI is InChI=1S/C15H15N.2C3H9N.3CH4/c1-16-14-8-4-2-6-12(14)10-11-13-7-3-5-9-15(13)16;2*1-4(2)3;;;/h2-9H,10-11H2,1H3;2*1-3H3;3*1H4. The largest absolute Gasteiger partial charge is 0.344 e. The predicted molar refractivity (Wildman–Crippen MR) is 128 cm³/mol. The van der Waals surface area contributed by atoms with Gasteiger partial charge in [0.15, 0.2) is 0 Å². The maximum atomic E-state index is 2.30. The van der Waals surface area contributed by atoms with Crippen LogP contribution in [0.4, 0.5) is 11.4 Å². The Morgan fingerprint density at radius 2 is 0.852 bits per heavy atom. The first-order valence-electron chi connectivity index (χ1n) is 8.44. The minimum atomic E-state index is 0. The molecule has 1 aliphatic heterocycles. The number of rotatable bonds is 0. The van der Waals surface area contributed by atoms with Crippen molar-refractivity contribution in [3.63, 3.8) is 0 Å². The number of anilines is 2. The van der Waals surface area contributed by atoms with E-state index in [0.717, 1.165) is 12.8 Å². The average molecular weight is 376 g/mol. The molecule has 156 valence electrons. The average Bonchev–Trinajstić information content (AvgIpc) is 2.65. The number of aryl methyl sites for hydroxylation is 2. The highest BCUT2D eigenvalue weighted by Gasteiger charge is 2.16. The summed E-state index contributed by atoms with van der Waals surface area (Å²) in [5, 5.41) is 0. The van der Waals surface area contributed by atoms with Crippen LogP contribution in [0.3, 0.4) is 0 Å². The molecule has 0 aromatic heterocycles. The van der Waals surface area contributed by atoms with E-state index in [9.17, 15) is 0 Å². The number of nitrogens with zero attached hydrogens (tertiary/aromatic N) is 3. The molecule has 2 aromatic rings. The molecule has 0 saturated carbocycles. The Kier molecular flexibility index (Phi) is 16.9. The van der Waals surface area contributed by atoms with Crippen LogP contribution in [0, 0.1) is 0 Å². The Morgan fingerprint density at radius 1 is 0.593 bits per heavy atom. The van der Waals surface area contributed by atoms with Crippen LogP contribution in [-0.4, -0.2) is 59.1 Å². The van der Waals surface area contributed by atoms with Crippen molar-refractivity contribution in [1.82, 2.24) is 9.80 Å². The lowest BCUT2D eigenvalue weighted by atomic mass is 10.0. The van der Waals surface area contributed by atoms with Crippen LogP contribution in [0.25, 0.3) is 0 Å². The van der Waals surface area contributed by atoms with Gasteiger partial charge in [-0.05, 0) is 78.4 Å². The van der Waals surface area contributed by atoms with Crippen molar-refractivity contribution in [3.05, 3.63) is 59.7 Å². The first-order valence-corrected chi connectivity index (χ1v) is 8.44. The molecule has 1 heterocycles. The van der Waals surface area contributed by atoms with Crippen LogP contribution in [0.15, 0.2) is 48.5 Å². The molecular formula is C24H45N3. The lowest BCUT2D eigenvalue weighted by Gasteiger charge is -2.21. The summed E-state index contributed by atoms with van der Waals surface area (Å²) in [4.78, 5) is 6.30. The summed E-state index contributed by atoms with van der Waals surface area (Å²) in [5.74, 6) is 0. The Bertz CT molecular complexity index is 547. The molecule has 27 heavy (non-hydrogen) atoms. The summed E-state index contributed by atoms with van der Waals surface area (Å²) >= 11 is 0. The van der Waals surface area contributed by atoms with Gasteiger partial charge in [0, 0.05) is 18.4 Å². The number of hydrogen-bond donors (Lipinski definition) is 0. The molecule has 1 aliphatic rings. The van der Waals surface area contributed by atoms with Crippen LogP contribution in [-0.2, 0) is 12.8 Å². The van der Waals surface area contributed by atoms with Gasteiger partial charge in [0.1, 0.15) is 0 Å². The molecule has 0 bridgehead atoms. The smallest absolute Gasteiger partial charge is 0.0440 e. The third-order valence-corrected chi connectivity index (χ3v) is 3.37. The molecule has 3 nitrogen and oxygen atoms in total. The van der Waals surface area contributed by atoms with Gasteiger partial charge < -0.3 is 14.7 Å². The second-order valence-electron chi connectivity index (χ2n) is 7.00. The second-order valence-corrected chi connectivity index (χ2v) is 7.00. The van der Waals surface area contributed by atoms with E-state index < -0.39 is 0 Å². The molecule has 0 unspecified atom stereocenters. The molecule has 0 radical (unpaired) electrons. The van der Waals surface area contributed by atoms with Gasteiger partial charge in [-0.1, -0.05) is 58.7 Å². The number of para-hydroxylation sites is 2. The molecule has 0 aliphatic carbocycles. The fourth-order valence-electron chi connectivity index (χ4n) is 2.50. The summed E-state index contributed by atoms with van der Waals surface area (Å²) in [6.07, 6.45) is 2.27. The monoisotopic (exact) mass is 375 g/mol. The van der Waals surface area contributed by atoms with Crippen molar-refractivity contribution in [2.45, 2.75) is 35.1 Å². The van der Waals surface area contributed by atoms with Gasteiger partial charge in [-0.3, -0.25) is 0 Å². The third-order valence-electron chi connectivity index (χ3n) is 3.37. The lowest BCUT2D eigenvalue weighted by molar-refractivity contribution is 0.505. The summed E-state index contributed by atoms with van der Waals surface area (Å²) in [7, 11) is 14.2. The zero-order chi connectivity index (χ0) is 18.1. The van der Waals surface area contributed by atoms with Crippen LogP contribution in [0.1, 0.15) is 33.4 Å². The van der Waals surface area contributed by atoms with Gasteiger partial charge in [0.2, 0.25) is 0 Å². The molecule has 0 saturated heterocycles. The van der Waals surface area contributed by atoms with Crippen molar-refractivity contribution in [2.75, 3.05) is 54.2 Å². The summed E-state index contributed by atoms with van der Waals surface area (Å²) in [6, 6.07) is 17.4. The van der Waals surface area contributed by atoms with Gasteiger partial charge in [-0.25, -0.2) is 0 Å². The molecule has 0 N–H and O–H groups in total. The highest BCUT2D eigenvalue weighted by molar-refractivity contribution is 5.70.